The van der Waals surface area contributed by atoms with Crippen LogP contribution in [0.5, 0.6) is 0 Å². The average molecular weight is 494 g/mol. The van der Waals surface area contributed by atoms with Crippen molar-refractivity contribution < 1.29 is 4.42 Å². The predicted molar refractivity (Wildman–Crippen MR) is 144 cm³/mol. The second-order valence-electron chi connectivity index (χ2n) is 9.75. The Bertz CT molecular complexity index is 1650. The van der Waals surface area contributed by atoms with Crippen molar-refractivity contribution in [2.45, 2.75) is 38.1 Å². The summed E-state index contributed by atoms with van der Waals surface area (Å²) < 4.78 is 8.71. The molecule has 0 spiro atoms. The fraction of sp³-hybridized carbons (Fsp3) is 0.267. The van der Waals surface area contributed by atoms with Crippen LogP contribution in [0.2, 0.25) is 0 Å². The third-order valence-corrected chi connectivity index (χ3v) is 8.52. The van der Waals surface area contributed by atoms with E-state index in [4.69, 9.17) is 9.41 Å². The Morgan fingerprint density at radius 2 is 1.72 bits per heavy atom. The van der Waals surface area contributed by atoms with Gasteiger partial charge in [-0.1, -0.05) is 65.9 Å². The van der Waals surface area contributed by atoms with Crippen LogP contribution >= 0.6 is 11.3 Å². The Labute approximate surface area is 213 Å². The van der Waals surface area contributed by atoms with E-state index < -0.39 is 0 Å². The number of thiazole rings is 1. The Kier molecular flexibility index (Phi) is 5.28. The first-order valence-corrected chi connectivity index (χ1v) is 13.6. The topological polar surface area (TPSA) is 50.7 Å². The molecular weight excluding hydrogens is 466 g/mol. The van der Waals surface area contributed by atoms with Crippen molar-refractivity contribution in [1.29, 1.82) is 0 Å². The number of hydrogen-bond acceptors (Lipinski definition) is 5. The highest BCUT2D eigenvalue weighted by atomic mass is 32.1. The Hall–Kier alpha value is -3.64. The van der Waals surface area contributed by atoms with Crippen LogP contribution in [0.4, 0.5) is 5.88 Å². The molecule has 3 aliphatic rings. The van der Waals surface area contributed by atoms with Crippen LogP contribution in [0.1, 0.15) is 54.2 Å². The van der Waals surface area contributed by atoms with Crippen molar-refractivity contribution in [3.8, 4) is 0 Å². The molecular formula is C30H27N3O2S. The van der Waals surface area contributed by atoms with E-state index >= 15 is 0 Å². The number of allylic oxidation sites excluding steroid dienone is 1. The molecule has 1 atom stereocenters. The number of hydrogen-bond donors (Lipinski definition) is 0. The normalized spacial score (nSPS) is 19.5. The van der Waals surface area contributed by atoms with Crippen molar-refractivity contribution in [3.63, 3.8) is 0 Å². The Morgan fingerprint density at radius 3 is 2.58 bits per heavy atom. The minimum absolute atomic E-state index is 0.00562. The monoisotopic (exact) mass is 493 g/mol. The molecule has 0 N–H and O–H groups in total. The van der Waals surface area contributed by atoms with Gasteiger partial charge in [-0.05, 0) is 54.9 Å². The molecule has 0 amide bonds. The zero-order chi connectivity index (χ0) is 24.1. The molecule has 0 bridgehead atoms. The molecule has 6 heteroatoms. The number of furan rings is 1. The molecule has 180 valence electrons. The predicted octanol–water partition coefficient (Wildman–Crippen LogP) is 4.90. The van der Waals surface area contributed by atoms with Crippen molar-refractivity contribution >= 4 is 29.0 Å². The van der Waals surface area contributed by atoms with Gasteiger partial charge in [-0.3, -0.25) is 9.36 Å². The molecule has 1 saturated heterocycles. The number of rotatable bonds is 3. The molecule has 4 aromatic rings. The van der Waals surface area contributed by atoms with E-state index in [1.807, 2.05) is 41.0 Å². The summed E-state index contributed by atoms with van der Waals surface area (Å²) >= 11 is 1.45. The van der Waals surface area contributed by atoms with Gasteiger partial charge in [-0.25, -0.2) is 4.99 Å². The maximum atomic E-state index is 13.8. The lowest BCUT2D eigenvalue weighted by molar-refractivity contribution is 0.495. The summed E-state index contributed by atoms with van der Waals surface area (Å²) in [6.45, 7) is 2.05. The fourth-order valence-electron chi connectivity index (χ4n) is 5.79. The van der Waals surface area contributed by atoms with Crippen molar-refractivity contribution in [2.75, 3.05) is 18.0 Å². The lowest BCUT2D eigenvalue weighted by atomic mass is 9.83. The SMILES string of the molecule is O=c1c(=Cc2ccc(N3CCCCC3)o2)sc2n1C(c1ccccc1)C1=C(N=2)c2ccccc2CC1. The molecule has 1 unspecified atom stereocenters. The van der Waals surface area contributed by atoms with E-state index in [1.54, 1.807) is 0 Å². The number of fused-ring (bicyclic) bond motifs is 3. The summed E-state index contributed by atoms with van der Waals surface area (Å²) in [7, 11) is 0. The molecule has 2 aromatic heterocycles. The zero-order valence-corrected chi connectivity index (χ0v) is 20.8. The van der Waals surface area contributed by atoms with E-state index in [0.29, 0.717) is 10.3 Å². The maximum absolute atomic E-state index is 13.8. The highest BCUT2D eigenvalue weighted by Gasteiger charge is 2.32. The fourth-order valence-corrected chi connectivity index (χ4v) is 6.77. The smallest absolute Gasteiger partial charge is 0.271 e. The number of piperidine rings is 1. The van der Waals surface area contributed by atoms with Gasteiger partial charge in [0.05, 0.1) is 16.3 Å². The van der Waals surface area contributed by atoms with Gasteiger partial charge in [-0.2, -0.15) is 0 Å². The van der Waals surface area contributed by atoms with Crippen LogP contribution in [0.15, 0.2) is 86.5 Å². The van der Waals surface area contributed by atoms with Crippen LogP contribution < -0.4 is 19.8 Å². The first-order chi connectivity index (χ1) is 17.8. The van der Waals surface area contributed by atoms with Crippen LogP contribution in [0, 0.1) is 0 Å². The highest BCUT2D eigenvalue weighted by molar-refractivity contribution is 7.07. The molecule has 4 heterocycles. The lowest BCUT2D eigenvalue weighted by Gasteiger charge is -2.30. The molecule has 2 aliphatic heterocycles. The van der Waals surface area contributed by atoms with Gasteiger partial charge in [0.25, 0.3) is 5.56 Å². The van der Waals surface area contributed by atoms with E-state index in [0.717, 1.165) is 47.9 Å². The number of anilines is 1. The van der Waals surface area contributed by atoms with E-state index in [2.05, 4.69) is 41.3 Å². The van der Waals surface area contributed by atoms with E-state index in [1.165, 1.54) is 47.3 Å². The van der Waals surface area contributed by atoms with Gasteiger partial charge in [0, 0.05) is 30.8 Å². The van der Waals surface area contributed by atoms with Crippen molar-refractivity contribution in [3.05, 3.63) is 114 Å². The number of aromatic nitrogens is 1. The highest BCUT2D eigenvalue weighted by Crippen LogP contribution is 2.41. The third kappa shape index (κ3) is 3.59. The van der Waals surface area contributed by atoms with Gasteiger partial charge in [-0.15, -0.1) is 0 Å². The van der Waals surface area contributed by atoms with Crippen molar-refractivity contribution in [1.82, 2.24) is 4.57 Å². The van der Waals surface area contributed by atoms with Crippen LogP contribution in [-0.4, -0.2) is 17.7 Å². The summed E-state index contributed by atoms with van der Waals surface area (Å²) in [6.07, 6.45) is 7.42. The van der Waals surface area contributed by atoms with Gasteiger partial charge in [0.15, 0.2) is 10.7 Å². The number of nitrogens with zero attached hydrogens (tertiary/aromatic N) is 3. The lowest BCUT2D eigenvalue weighted by Crippen LogP contribution is -2.38. The van der Waals surface area contributed by atoms with Gasteiger partial charge in [0.1, 0.15) is 5.76 Å². The molecule has 5 nitrogen and oxygen atoms in total. The second-order valence-corrected chi connectivity index (χ2v) is 10.8. The van der Waals surface area contributed by atoms with Crippen molar-refractivity contribution in [2.24, 2.45) is 4.99 Å². The minimum Gasteiger partial charge on any atom is -0.441 e. The molecule has 36 heavy (non-hydrogen) atoms. The summed E-state index contributed by atoms with van der Waals surface area (Å²) in [4.78, 5) is 22.0. The average Bonchev–Trinajstić information content (AvgIpc) is 3.53. The van der Waals surface area contributed by atoms with Gasteiger partial charge in [0.2, 0.25) is 0 Å². The van der Waals surface area contributed by atoms with Crippen LogP contribution in [-0.2, 0) is 6.42 Å². The standard InChI is InChI=1S/C30H27N3O2S/c34-29-25(19-22-14-16-26(35-22)32-17-7-2-8-18-32)36-30-31-27-23-12-6-5-9-20(23)13-15-24(27)28(33(29)30)21-10-3-1-4-11-21/h1,3-6,9-12,14,16,19,28H,2,7-8,13,15,17-18H2. The van der Waals surface area contributed by atoms with Gasteiger partial charge < -0.3 is 9.32 Å². The van der Waals surface area contributed by atoms with E-state index in [-0.39, 0.29) is 11.6 Å². The quantitative estimate of drug-likeness (QED) is 0.408. The second kappa shape index (κ2) is 8.79. The first kappa shape index (κ1) is 21.6. The third-order valence-electron chi connectivity index (χ3n) is 7.54. The Balaban J connectivity index is 1.38. The summed E-state index contributed by atoms with van der Waals surface area (Å²) in [6, 6.07) is 22.7. The zero-order valence-electron chi connectivity index (χ0n) is 20.0. The summed E-state index contributed by atoms with van der Waals surface area (Å²) in [5.74, 6) is 1.61. The van der Waals surface area contributed by atoms with Crippen LogP contribution in [0.3, 0.4) is 0 Å². The molecule has 0 radical (unpaired) electrons. The first-order valence-electron chi connectivity index (χ1n) is 12.8. The molecule has 0 saturated carbocycles. The molecule has 7 rings (SSSR count). The summed E-state index contributed by atoms with van der Waals surface area (Å²) in [5, 5.41) is 0. The minimum atomic E-state index is -0.145. The van der Waals surface area contributed by atoms with Gasteiger partial charge >= 0.3 is 0 Å². The number of benzene rings is 2. The van der Waals surface area contributed by atoms with Crippen LogP contribution in [0.25, 0.3) is 11.8 Å². The van der Waals surface area contributed by atoms with E-state index in [9.17, 15) is 4.79 Å². The molecule has 1 aliphatic carbocycles. The molecule has 1 fully saturated rings. The molecule has 2 aromatic carbocycles. The Morgan fingerprint density at radius 1 is 0.917 bits per heavy atom. The number of aryl methyl sites for hydroxylation is 1. The maximum Gasteiger partial charge on any atom is 0.271 e. The summed E-state index contributed by atoms with van der Waals surface area (Å²) in [5.41, 5.74) is 5.89. The largest absolute Gasteiger partial charge is 0.441 e.